The number of nitrogens with two attached hydrogens (primary N) is 1. The number of carbonyl (C=O) groups is 1. The molecule has 8 heteroatoms. The number of halogens is 1. The summed E-state index contributed by atoms with van der Waals surface area (Å²) >= 11 is 7.25. The van der Waals surface area contributed by atoms with E-state index >= 15 is 0 Å². The number of nitrogens with zero attached hydrogens (tertiary/aromatic N) is 3. The van der Waals surface area contributed by atoms with Crippen molar-refractivity contribution in [3.05, 3.63) is 46.6 Å². The molecule has 0 fully saturated rings. The molecule has 0 bridgehead atoms. The molecule has 1 atom stereocenters. The molecule has 0 aliphatic carbocycles. The third-order valence-electron chi connectivity index (χ3n) is 3.00. The van der Waals surface area contributed by atoms with Gasteiger partial charge < -0.3 is 11.1 Å². The first kappa shape index (κ1) is 17.1. The van der Waals surface area contributed by atoms with Gasteiger partial charge in [0.25, 0.3) is 0 Å². The molecular formula is C15H14ClN5OS. The molecule has 0 aliphatic heterocycles. The van der Waals surface area contributed by atoms with E-state index in [1.165, 1.54) is 6.20 Å². The lowest BCUT2D eigenvalue weighted by atomic mass is 10.1. The molecule has 1 unspecified atom stereocenters. The van der Waals surface area contributed by atoms with Gasteiger partial charge in [-0.15, -0.1) is 0 Å². The molecule has 3 N–H and O–H groups in total. The van der Waals surface area contributed by atoms with Gasteiger partial charge in [-0.05, 0) is 18.6 Å². The summed E-state index contributed by atoms with van der Waals surface area (Å²) in [5.41, 5.74) is 6.68. The van der Waals surface area contributed by atoms with E-state index in [0.29, 0.717) is 10.2 Å². The highest BCUT2D eigenvalue weighted by atomic mass is 35.5. The van der Waals surface area contributed by atoms with Crippen LogP contribution in [0.15, 0.2) is 35.6 Å². The number of carbonyl (C=O) groups excluding carboxylic acids is 1. The number of hydrogen-bond acceptors (Lipinski definition) is 6. The smallest absolute Gasteiger partial charge is 0.230 e. The van der Waals surface area contributed by atoms with Crippen LogP contribution in [0.3, 0.4) is 0 Å². The Balaban J connectivity index is 1.92. The van der Waals surface area contributed by atoms with Gasteiger partial charge in [0.1, 0.15) is 17.5 Å². The molecule has 23 heavy (non-hydrogen) atoms. The lowest BCUT2D eigenvalue weighted by molar-refractivity contribution is -0.119. The van der Waals surface area contributed by atoms with Gasteiger partial charge in [0.15, 0.2) is 5.16 Å². The third kappa shape index (κ3) is 4.58. The zero-order valence-corrected chi connectivity index (χ0v) is 13.9. The van der Waals surface area contributed by atoms with Crippen LogP contribution >= 0.6 is 23.4 Å². The molecular weight excluding hydrogens is 334 g/mol. The van der Waals surface area contributed by atoms with Gasteiger partial charge in [-0.1, -0.05) is 41.6 Å². The second kappa shape index (κ2) is 7.81. The topological polar surface area (TPSA) is 105 Å². The van der Waals surface area contributed by atoms with E-state index in [2.05, 4.69) is 15.3 Å². The fourth-order valence-corrected chi connectivity index (χ4v) is 2.78. The lowest BCUT2D eigenvalue weighted by Gasteiger charge is -2.15. The summed E-state index contributed by atoms with van der Waals surface area (Å²) in [6, 6.07) is 9.03. The SMILES string of the molecule is CC(NC(=O)CSc1ncc(C#N)c(N)n1)c1ccccc1Cl. The van der Waals surface area contributed by atoms with E-state index in [1.807, 2.05) is 31.2 Å². The summed E-state index contributed by atoms with van der Waals surface area (Å²) in [5.74, 6) is 0.0731. The summed E-state index contributed by atoms with van der Waals surface area (Å²) in [6.07, 6.45) is 1.34. The Morgan fingerprint density at radius 1 is 1.52 bits per heavy atom. The van der Waals surface area contributed by atoms with Crippen molar-refractivity contribution in [3.8, 4) is 6.07 Å². The van der Waals surface area contributed by atoms with Crippen molar-refractivity contribution in [2.24, 2.45) is 0 Å². The Kier molecular flexibility index (Phi) is 5.79. The van der Waals surface area contributed by atoms with Crippen LogP contribution in [0.1, 0.15) is 24.1 Å². The van der Waals surface area contributed by atoms with Crippen LogP contribution < -0.4 is 11.1 Å². The minimum atomic E-state index is -0.205. The standard InChI is InChI=1S/C15H14ClN5OS/c1-9(11-4-2-3-5-12(11)16)20-13(22)8-23-15-19-7-10(6-17)14(18)21-15/h2-5,7,9H,8H2,1H3,(H,20,22)(H2,18,19,21). The van der Waals surface area contributed by atoms with Crippen molar-refractivity contribution in [3.63, 3.8) is 0 Å². The fourth-order valence-electron chi connectivity index (χ4n) is 1.85. The summed E-state index contributed by atoms with van der Waals surface area (Å²) in [4.78, 5) is 20.0. The van der Waals surface area contributed by atoms with Crippen molar-refractivity contribution in [1.29, 1.82) is 5.26 Å². The minimum absolute atomic E-state index is 0.106. The predicted molar refractivity (Wildman–Crippen MR) is 89.9 cm³/mol. The van der Waals surface area contributed by atoms with Gasteiger partial charge >= 0.3 is 0 Å². The van der Waals surface area contributed by atoms with Crippen molar-refractivity contribution in [1.82, 2.24) is 15.3 Å². The highest BCUT2D eigenvalue weighted by Gasteiger charge is 2.13. The van der Waals surface area contributed by atoms with E-state index in [1.54, 1.807) is 6.07 Å². The van der Waals surface area contributed by atoms with Crippen LogP contribution in [0, 0.1) is 11.3 Å². The summed E-state index contributed by atoms with van der Waals surface area (Å²) in [6.45, 7) is 1.86. The Morgan fingerprint density at radius 3 is 2.91 bits per heavy atom. The maximum atomic E-state index is 12.0. The zero-order valence-electron chi connectivity index (χ0n) is 12.3. The Labute approximate surface area is 143 Å². The van der Waals surface area contributed by atoms with Crippen molar-refractivity contribution in [2.45, 2.75) is 18.1 Å². The zero-order chi connectivity index (χ0) is 16.8. The normalized spacial score (nSPS) is 11.5. The maximum absolute atomic E-state index is 12.0. The maximum Gasteiger partial charge on any atom is 0.230 e. The number of nitrogens with one attached hydrogen (secondary N) is 1. The van der Waals surface area contributed by atoms with Crippen molar-refractivity contribution in [2.75, 3.05) is 11.5 Å². The van der Waals surface area contributed by atoms with Crippen LogP contribution in [-0.2, 0) is 4.79 Å². The molecule has 0 saturated carbocycles. The molecule has 1 heterocycles. The molecule has 0 aliphatic rings. The fraction of sp³-hybridized carbons (Fsp3) is 0.200. The highest BCUT2D eigenvalue weighted by Crippen LogP contribution is 2.22. The number of thioether (sulfide) groups is 1. The monoisotopic (exact) mass is 347 g/mol. The molecule has 2 rings (SSSR count). The molecule has 0 spiro atoms. The first-order valence-electron chi connectivity index (χ1n) is 6.70. The van der Waals surface area contributed by atoms with Crippen LogP contribution in [0.4, 0.5) is 5.82 Å². The Bertz CT molecular complexity index is 762. The van der Waals surface area contributed by atoms with Gasteiger partial charge in [-0.2, -0.15) is 5.26 Å². The molecule has 0 radical (unpaired) electrons. The van der Waals surface area contributed by atoms with E-state index in [4.69, 9.17) is 22.6 Å². The first-order valence-corrected chi connectivity index (χ1v) is 8.07. The highest BCUT2D eigenvalue weighted by molar-refractivity contribution is 7.99. The number of benzene rings is 1. The molecule has 1 amide bonds. The number of anilines is 1. The van der Waals surface area contributed by atoms with Gasteiger partial charge in [-0.25, -0.2) is 9.97 Å². The van der Waals surface area contributed by atoms with E-state index < -0.39 is 0 Å². The molecule has 2 aromatic rings. The molecule has 6 nitrogen and oxygen atoms in total. The first-order chi connectivity index (χ1) is 11.0. The number of aromatic nitrogens is 2. The number of nitriles is 1. The minimum Gasteiger partial charge on any atom is -0.382 e. The summed E-state index contributed by atoms with van der Waals surface area (Å²) in [7, 11) is 0. The van der Waals surface area contributed by atoms with Crippen LogP contribution in [0.2, 0.25) is 5.02 Å². The number of amides is 1. The Hall–Kier alpha value is -2.30. The molecule has 118 valence electrons. The van der Waals surface area contributed by atoms with Crippen molar-refractivity contribution >= 4 is 35.1 Å². The van der Waals surface area contributed by atoms with Crippen LogP contribution in [0.5, 0.6) is 0 Å². The van der Waals surface area contributed by atoms with Gasteiger partial charge in [0.2, 0.25) is 5.91 Å². The van der Waals surface area contributed by atoms with E-state index in [0.717, 1.165) is 17.3 Å². The lowest BCUT2D eigenvalue weighted by Crippen LogP contribution is -2.28. The van der Waals surface area contributed by atoms with Gasteiger partial charge in [0.05, 0.1) is 18.0 Å². The second-order valence-corrected chi connectivity index (χ2v) is 6.01. The number of hydrogen-bond donors (Lipinski definition) is 2. The third-order valence-corrected chi connectivity index (χ3v) is 4.20. The second-order valence-electron chi connectivity index (χ2n) is 4.66. The largest absolute Gasteiger partial charge is 0.382 e. The number of nitrogen functional groups attached to an aromatic ring is 1. The van der Waals surface area contributed by atoms with E-state index in [9.17, 15) is 4.79 Å². The molecule has 0 saturated heterocycles. The van der Waals surface area contributed by atoms with Crippen LogP contribution in [0.25, 0.3) is 0 Å². The molecule has 1 aromatic heterocycles. The van der Waals surface area contributed by atoms with Gasteiger partial charge in [-0.3, -0.25) is 4.79 Å². The quantitative estimate of drug-likeness (QED) is 0.636. The van der Waals surface area contributed by atoms with Crippen LogP contribution in [-0.4, -0.2) is 21.6 Å². The Morgan fingerprint density at radius 2 is 2.26 bits per heavy atom. The number of rotatable bonds is 5. The van der Waals surface area contributed by atoms with E-state index in [-0.39, 0.29) is 29.1 Å². The average molecular weight is 348 g/mol. The van der Waals surface area contributed by atoms with Crippen molar-refractivity contribution < 1.29 is 4.79 Å². The predicted octanol–water partition coefficient (Wildman–Crippen LogP) is 2.55. The van der Waals surface area contributed by atoms with Gasteiger partial charge in [0, 0.05) is 5.02 Å². The summed E-state index contributed by atoms with van der Waals surface area (Å²) in [5, 5.41) is 12.6. The summed E-state index contributed by atoms with van der Waals surface area (Å²) < 4.78 is 0. The molecule has 1 aromatic carbocycles. The average Bonchev–Trinajstić information content (AvgIpc) is 2.53.